The van der Waals surface area contributed by atoms with E-state index in [1.165, 1.54) is 0 Å². The van der Waals surface area contributed by atoms with E-state index in [0.717, 1.165) is 17.5 Å². The van der Waals surface area contributed by atoms with Gasteiger partial charge in [-0.05, 0) is 40.5 Å². The van der Waals surface area contributed by atoms with Gasteiger partial charge in [-0.2, -0.15) is 0 Å². The molecule has 0 amide bonds. The third-order valence-electron chi connectivity index (χ3n) is 3.26. The maximum Gasteiger partial charge on any atom is 0.513 e. The molecule has 0 heterocycles. The summed E-state index contributed by atoms with van der Waals surface area (Å²) in [6.07, 6.45) is 0.146. The molecule has 0 saturated heterocycles. The zero-order chi connectivity index (χ0) is 16.3. The Kier molecular flexibility index (Phi) is 5.43. The van der Waals surface area contributed by atoms with Crippen LogP contribution in [0.3, 0.4) is 0 Å². The molecule has 0 N–H and O–H groups in total. The predicted octanol–water partition coefficient (Wildman–Crippen LogP) is 5.21. The van der Waals surface area contributed by atoms with E-state index in [-0.39, 0.29) is 10.8 Å². The molecule has 0 unspecified atom stereocenters. The highest BCUT2D eigenvalue weighted by atomic mass is 16.7. The molecule has 0 radical (unpaired) electrons. The highest BCUT2D eigenvalue weighted by Gasteiger charge is 2.21. The van der Waals surface area contributed by atoms with Crippen LogP contribution in [0.1, 0.15) is 66.0 Å². The molecule has 0 aliphatic carbocycles. The lowest BCUT2D eigenvalue weighted by atomic mass is 9.80. The zero-order valence-electron chi connectivity index (χ0n) is 14.4. The molecule has 0 atom stereocenters. The predicted molar refractivity (Wildman–Crippen MR) is 86.1 cm³/mol. The van der Waals surface area contributed by atoms with Crippen LogP contribution in [0.5, 0.6) is 5.75 Å². The Bertz CT molecular complexity index is 458. The summed E-state index contributed by atoms with van der Waals surface area (Å²) >= 11 is 0. The summed E-state index contributed by atoms with van der Waals surface area (Å²) < 4.78 is 10.3. The molecule has 0 saturated carbocycles. The van der Waals surface area contributed by atoms with E-state index in [9.17, 15) is 4.79 Å². The standard InChI is InChI=1S/C18H28O3/c1-8-9-20-16(19)21-15-11-13(17(2,3)4)10-14(12-15)18(5,6)7/h10-12H,8-9H2,1-7H3. The molecular weight excluding hydrogens is 264 g/mol. The molecule has 1 aromatic rings. The van der Waals surface area contributed by atoms with Crippen LogP contribution in [0.2, 0.25) is 0 Å². The molecule has 1 aromatic carbocycles. The lowest BCUT2D eigenvalue weighted by molar-refractivity contribution is 0.0990. The second-order valence-electron chi connectivity index (χ2n) is 7.45. The molecule has 0 bridgehead atoms. The summed E-state index contributed by atoms with van der Waals surface area (Å²) in [5.74, 6) is 0.549. The third kappa shape index (κ3) is 5.41. The summed E-state index contributed by atoms with van der Waals surface area (Å²) in [5.41, 5.74) is 2.28. The number of rotatable bonds is 3. The van der Waals surface area contributed by atoms with E-state index in [2.05, 4.69) is 47.6 Å². The van der Waals surface area contributed by atoms with Crippen molar-refractivity contribution in [2.24, 2.45) is 0 Å². The highest BCUT2D eigenvalue weighted by Crippen LogP contribution is 2.33. The highest BCUT2D eigenvalue weighted by molar-refractivity contribution is 5.64. The first kappa shape index (κ1) is 17.5. The molecular formula is C18H28O3. The van der Waals surface area contributed by atoms with Crippen LogP contribution in [0.4, 0.5) is 4.79 Å². The van der Waals surface area contributed by atoms with Crippen molar-refractivity contribution in [1.29, 1.82) is 0 Å². The quantitative estimate of drug-likeness (QED) is 0.567. The first-order chi connectivity index (χ1) is 9.54. The summed E-state index contributed by atoms with van der Waals surface area (Å²) in [7, 11) is 0. The van der Waals surface area contributed by atoms with Gasteiger partial charge < -0.3 is 9.47 Å². The average Bonchev–Trinajstić information content (AvgIpc) is 2.34. The van der Waals surface area contributed by atoms with Crippen LogP contribution in [0, 0.1) is 0 Å². The van der Waals surface area contributed by atoms with Crippen LogP contribution in [-0.4, -0.2) is 12.8 Å². The Morgan fingerprint density at radius 1 is 0.952 bits per heavy atom. The molecule has 1 rings (SSSR count). The van der Waals surface area contributed by atoms with Crippen molar-refractivity contribution in [2.75, 3.05) is 6.61 Å². The fraction of sp³-hybridized carbons (Fsp3) is 0.611. The third-order valence-corrected chi connectivity index (χ3v) is 3.26. The van der Waals surface area contributed by atoms with Crippen LogP contribution in [0.25, 0.3) is 0 Å². The minimum Gasteiger partial charge on any atom is -0.434 e. The fourth-order valence-electron chi connectivity index (χ4n) is 1.84. The molecule has 3 heteroatoms. The van der Waals surface area contributed by atoms with Gasteiger partial charge in [-0.1, -0.05) is 54.5 Å². The molecule has 0 aliphatic heterocycles. The van der Waals surface area contributed by atoms with Crippen LogP contribution in [-0.2, 0) is 15.6 Å². The van der Waals surface area contributed by atoms with Gasteiger partial charge in [0.05, 0.1) is 6.61 Å². The van der Waals surface area contributed by atoms with Crippen molar-refractivity contribution < 1.29 is 14.3 Å². The van der Waals surface area contributed by atoms with E-state index in [0.29, 0.717) is 12.4 Å². The monoisotopic (exact) mass is 292 g/mol. The van der Waals surface area contributed by atoms with E-state index in [1.54, 1.807) is 0 Å². The average molecular weight is 292 g/mol. The lowest BCUT2D eigenvalue weighted by Gasteiger charge is -2.25. The van der Waals surface area contributed by atoms with Crippen LogP contribution < -0.4 is 4.74 Å². The first-order valence-corrected chi connectivity index (χ1v) is 7.54. The second-order valence-corrected chi connectivity index (χ2v) is 7.45. The maximum atomic E-state index is 11.6. The summed E-state index contributed by atoms with van der Waals surface area (Å²) in [6.45, 7) is 15.2. The molecule has 0 spiro atoms. The molecule has 21 heavy (non-hydrogen) atoms. The van der Waals surface area contributed by atoms with Crippen LogP contribution >= 0.6 is 0 Å². The fourth-order valence-corrected chi connectivity index (χ4v) is 1.84. The van der Waals surface area contributed by atoms with Crippen molar-refractivity contribution in [1.82, 2.24) is 0 Å². The van der Waals surface area contributed by atoms with Crippen LogP contribution in [0.15, 0.2) is 18.2 Å². The van der Waals surface area contributed by atoms with E-state index in [4.69, 9.17) is 9.47 Å². The van der Waals surface area contributed by atoms with Crippen molar-refractivity contribution in [3.8, 4) is 5.75 Å². The Hall–Kier alpha value is -1.51. The maximum absolute atomic E-state index is 11.6. The number of ether oxygens (including phenoxy) is 2. The second kappa shape index (κ2) is 6.50. The minimum atomic E-state index is -0.636. The molecule has 0 aliphatic rings. The number of carbonyl (C=O) groups is 1. The SMILES string of the molecule is CCCOC(=O)Oc1cc(C(C)(C)C)cc(C(C)(C)C)c1. The Balaban J connectivity index is 3.11. The molecule has 0 aromatic heterocycles. The Morgan fingerprint density at radius 3 is 1.81 bits per heavy atom. The smallest absolute Gasteiger partial charge is 0.434 e. The van der Waals surface area contributed by atoms with E-state index in [1.807, 2.05) is 19.1 Å². The van der Waals surface area contributed by atoms with Crippen molar-refractivity contribution in [2.45, 2.75) is 65.7 Å². The van der Waals surface area contributed by atoms with Gasteiger partial charge in [0.2, 0.25) is 0 Å². The molecule has 3 nitrogen and oxygen atoms in total. The topological polar surface area (TPSA) is 35.5 Å². The molecule has 0 fully saturated rings. The molecule has 118 valence electrons. The summed E-state index contributed by atoms with van der Waals surface area (Å²) in [5, 5.41) is 0. The van der Waals surface area contributed by atoms with Gasteiger partial charge in [0, 0.05) is 0 Å². The number of benzene rings is 1. The first-order valence-electron chi connectivity index (χ1n) is 7.54. The Morgan fingerprint density at radius 2 is 1.43 bits per heavy atom. The van der Waals surface area contributed by atoms with Gasteiger partial charge in [-0.3, -0.25) is 0 Å². The lowest BCUT2D eigenvalue weighted by Crippen LogP contribution is -2.18. The van der Waals surface area contributed by atoms with Crippen molar-refractivity contribution in [3.05, 3.63) is 29.3 Å². The van der Waals surface area contributed by atoms with Gasteiger partial charge in [0.1, 0.15) is 5.75 Å². The summed E-state index contributed by atoms with van der Waals surface area (Å²) in [4.78, 5) is 11.6. The Labute approximate surface area is 128 Å². The minimum absolute atomic E-state index is 0.00725. The van der Waals surface area contributed by atoms with Gasteiger partial charge in [0.25, 0.3) is 0 Å². The van der Waals surface area contributed by atoms with Crippen molar-refractivity contribution >= 4 is 6.16 Å². The van der Waals surface area contributed by atoms with Gasteiger partial charge >= 0.3 is 6.16 Å². The van der Waals surface area contributed by atoms with E-state index >= 15 is 0 Å². The number of hydrogen-bond acceptors (Lipinski definition) is 3. The van der Waals surface area contributed by atoms with Crippen molar-refractivity contribution in [3.63, 3.8) is 0 Å². The number of hydrogen-bond donors (Lipinski definition) is 0. The normalized spacial score (nSPS) is 12.1. The zero-order valence-corrected chi connectivity index (χ0v) is 14.4. The largest absolute Gasteiger partial charge is 0.513 e. The van der Waals surface area contributed by atoms with E-state index < -0.39 is 6.16 Å². The van der Waals surface area contributed by atoms with Gasteiger partial charge in [-0.25, -0.2) is 4.79 Å². The number of carbonyl (C=O) groups excluding carboxylic acids is 1. The van der Waals surface area contributed by atoms with Gasteiger partial charge in [-0.15, -0.1) is 0 Å². The summed E-state index contributed by atoms with van der Waals surface area (Å²) in [6, 6.07) is 6.02. The van der Waals surface area contributed by atoms with Gasteiger partial charge in [0.15, 0.2) is 0 Å².